The van der Waals surface area contributed by atoms with E-state index in [0.717, 1.165) is 69.1 Å². The molecule has 1 aliphatic rings. The Kier molecular flexibility index (Phi) is 5.63. The molecule has 174 valence electrons. The summed E-state index contributed by atoms with van der Waals surface area (Å²) >= 11 is 3.77. The van der Waals surface area contributed by atoms with Crippen molar-refractivity contribution < 1.29 is 4.79 Å². The Balaban J connectivity index is 1.45. The minimum absolute atomic E-state index is 0.0240. The number of carbonyl (C=O) groups is 1. The topological polar surface area (TPSA) is 41.4 Å². The van der Waals surface area contributed by atoms with Crippen LogP contribution in [0.15, 0.2) is 89.8 Å². The maximum Gasteiger partial charge on any atom is 0.262 e. The molecule has 6 rings (SSSR count). The lowest BCUT2D eigenvalue weighted by atomic mass is 9.96. The smallest absolute Gasteiger partial charge is 0.262 e. The van der Waals surface area contributed by atoms with Gasteiger partial charge in [-0.1, -0.05) is 30.3 Å². The number of likely N-dealkylation sites (N-methyl/N-ethyl adjacent to an activating group) is 1. The zero-order chi connectivity index (χ0) is 23.9. The summed E-state index contributed by atoms with van der Waals surface area (Å²) in [5, 5.41) is 3.05. The monoisotopic (exact) mass is 524 g/mol. The van der Waals surface area contributed by atoms with Gasteiger partial charge in [-0.25, -0.2) is 0 Å². The van der Waals surface area contributed by atoms with Gasteiger partial charge in [-0.3, -0.25) is 14.3 Å². The lowest BCUT2D eigenvalue weighted by Gasteiger charge is -2.34. The van der Waals surface area contributed by atoms with E-state index in [1.54, 1.807) is 17.0 Å². The Labute approximate surface area is 212 Å². The molecule has 0 amide bonds. The van der Waals surface area contributed by atoms with E-state index in [0.29, 0.717) is 5.56 Å². The number of hydrogen-bond donors (Lipinski definition) is 0. The summed E-state index contributed by atoms with van der Waals surface area (Å²) < 4.78 is 2.85. The van der Waals surface area contributed by atoms with Crippen LogP contribution in [0.2, 0.25) is 0 Å². The van der Waals surface area contributed by atoms with Crippen molar-refractivity contribution >= 4 is 49.2 Å². The van der Waals surface area contributed by atoms with Gasteiger partial charge in [0, 0.05) is 60.2 Å². The summed E-state index contributed by atoms with van der Waals surface area (Å²) in [4.78, 5) is 22.8. The second-order valence-electron chi connectivity index (χ2n) is 9.09. The third-order valence-corrected chi connectivity index (χ3v) is 7.60. The van der Waals surface area contributed by atoms with Crippen molar-refractivity contribution in [2.75, 3.05) is 38.1 Å². The van der Waals surface area contributed by atoms with Crippen molar-refractivity contribution in [3.05, 3.63) is 95.4 Å². The van der Waals surface area contributed by atoms with E-state index in [4.69, 9.17) is 0 Å². The molecule has 1 fully saturated rings. The molecule has 3 aromatic carbocycles. The summed E-state index contributed by atoms with van der Waals surface area (Å²) in [6, 6.07) is 22.4. The fraction of sp³-hybridized carbons (Fsp3) is 0.172. The Morgan fingerprint density at radius 2 is 1.63 bits per heavy atom. The molecule has 0 spiro atoms. The standard InChI is InChI=1S/C29H25BrN4O/c1-32-14-16-33(17-15-32)28-19-27-21(18-26(28)30)10-13-34(27)29(35)25-7-3-5-23-22(4-2-6-24(23)25)20-8-11-31-12-9-20/h2-13,18-19H,14-17H2,1H3. The molecule has 35 heavy (non-hydrogen) atoms. The van der Waals surface area contributed by atoms with Gasteiger partial charge in [-0.15, -0.1) is 0 Å². The van der Waals surface area contributed by atoms with Gasteiger partial charge in [-0.2, -0.15) is 0 Å². The molecule has 0 atom stereocenters. The molecule has 0 N–H and O–H groups in total. The van der Waals surface area contributed by atoms with Gasteiger partial charge < -0.3 is 9.80 Å². The zero-order valence-corrected chi connectivity index (χ0v) is 21.1. The number of benzene rings is 3. The van der Waals surface area contributed by atoms with Gasteiger partial charge in [-0.05, 0) is 81.3 Å². The molecule has 5 nitrogen and oxygen atoms in total. The third-order valence-electron chi connectivity index (χ3n) is 6.97. The number of pyridine rings is 1. The Hall–Kier alpha value is -3.48. The van der Waals surface area contributed by atoms with Crippen LogP contribution in [0.4, 0.5) is 5.69 Å². The highest BCUT2D eigenvalue weighted by Crippen LogP contribution is 2.34. The first-order chi connectivity index (χ1) is 17.1. The molecule has 0 saturated carbocycles. The van der Waals surface area contributed by atoms with Gasteiger partial charge in [0.2, 0.25) is 0 Å². The van der Waals surface area contributed by atoms with Gasteiger partial charge in [0.25, 0.3) is 5.91 Å². The van der Waals surface area contributed by atoms with Gasteiger partial charge in [0.15, 0.2) is 0 Å². The maximum atomic E-state index is 13.9. The number of hydrogen-bond acceptors (Lipinski definition) is 4. The average molecular weight is 525 g/mol. The maximum absolute atomic E-state index is 13.9. The molecular weight excluding hydrogens is 500 g/mol. The molecule has 0 unspecified atom stereocenters. The molecule has 1 saturated heterocycles. The summed E-state index contributed by atoms with van der Waals surface area (Å²) in [6.45, 7) is 3.99. The molecule has 5 aromatic rings. The lowest BCUT2D eigenvalue weighted by molar-refractivity contribution is 0.0966. The van der Waals surface area contributed by atoms with Crippen molar-refractivity contribution in [1.82, 2.24) is 14.5 Å². The first-order valence-electron chi connectivity index (χ1n) is 11.8. The van der Waals surface area contributed by atoms with Gasteiger partial charge in [0.1, 0.15) is 0 Å². The van der Waals surface area contributed by atoms with Crippen LogP contribution in [0.1, 0.15) is 10.4 Å². The second kappa shape index (κ2) is 8.95. The number of rotatable bonds is 3. The van der Waals surface area contributed by atoms with E-state index in [9.17, 15) is 4.79 Å². The molecule has 0 aliphatic carbocycles. The average Bonchev–Trinajstić information content (AvgIpc) is 3.30. The van der Waals surface area contributed by atoms with Crippen molar-refractivity contribution in [3.8, 4) is 11.1 Å². The molecule has 1 aliphatic heterocycles. The van der Waals surface area contributed by atoms with Crippen molar-refractivity contribution in [2.45, 2.75) is 0 Å². The fourth-order valence-corrected chi connectivity index (χ4v) is 5.63. The minimum Gasteiger partial charge on any atom is -0.368 e. The predicted octanol–water partition coefficient (Wildman–Crippen LogP) is 6.06. The summed E-state index contributed by atoms with van der Waals surface area (Å²) in [6.07, 6.45) is 5.48. The van der Waals surface area contributed by atoms with Crippen LogP contribution in [-0.2, 0) is 0 Å². The molecule has 6 heteroatoms. The number of halogens is 1. The number of anilines is 1. The largest absolute Gasteiger partial charge is 0.368 e. The third kappa shape index (κ3) is 3.93. The molecule has 2 aromatic heterocycles. The van der Waals surface area contributed by atoms with Gasteiger partial charge >= 0.3 is 0 Å². The molecular formula is C29H25BrN4O. The summed E-state index contributed by atoms with van der Waals surface area (Å²) in [5.41, 5.74) is 4.94. The van der Waals surface area contributed by atoms with Crippen molar-refractivity contribution in [1.29, 1.82) is 0 Å². The predicted molar refractivity (Wildman–Crippen MR) is 146 cm³/mol. The zero-order valence-electron chi connectivity index (χ0n) is 19.5. The lowest BCUT2D eigenvalue weighted by Crippen LogP contribution is -2.44. The first kappa shape index (κ1) is 22.0. The minimum atomic E-state index is -0.0240. The van der Waals surface area contributed by atoms with Gasteiger partial charge in [0.05, 0.1) is 11.2 Å². The second-order valence-corrected chi connectivity index (χ2v) is 9.94. The van der Waals surface area contributed by atoms with Crippen molar-refractivity contribution in [3.63, 3.8) is 0 Å². The van der Waals surface area contributed by atoms with E-state index in [2.05, 4.69) is 62.0 Å². The van der Waals surface area contributed by atoms with Crippen LogP contribution in [0.25, 0.3) is 32.8 Å². The van der Waals surface area contributed by atoms with E-state index in [1.807, 2.05) is 48.7 Å². The summed E-state index contributed by atoms with van der Waals surface area (Å²) in [7, 11) is 2.16. The Morgan fingerprint density at radius 1 is 0.886 bits per heavy atom. The highest BCUT2D eigenvalue weighted by atomic mass is 79.9. The Bertz CT molecular complexity index is 1550. The van der Waals surface area contributed by atoms with Crippen LogP contribution in [0.5, 0.6) is 0 Å². The van der Waals surface area contributed by atoms with Crippen LogP contribution in [-0.4, -0.2) is 53.6 Å². The van der Waals surface area contributed by atoms with Crippen LogP contribution in [0.3, 0.4) is 0 Å². The van der Waals surface area contributed by atoms with E-state index < -0.39 is 0 Å². The van der Waals surface area contributed by atoms with E-state index in [-0.39, 0.29) is 5.91 Å². The van der Waals surface area contributed by atoms with Crippen LogP contribution < -0.4 is 4.90 Å². The number of piperazine rings is 1. The summed E-state index contributed by atoms with van der Waals surface area (Å²) in [5.74, 6) is -0.0240. The first-order valence-corrected chi connectivity index (χ1v) is 12.6. The normalized spacial score (nSPS) is 14.6. The highest BCUT2D eigenvalue weighted by Gasteiger charge is 2.20. The molecule has 0 bridgehead atoms. The van der Waals surface area contributed by atoms with Crippen molar-refractivity contribution in [2.24, 2.45) is 0 Å². The SMILES string of the molecule is CN1CCN(c2cc3c(ccn3C(=O)c3cccc4c(-c5ccncc5)cccc34)cc2Br)CC1. The number of carbonyl (C=O) groups excluding carboxylic acids is 1. The quantitative estimate of drug-likeness (QED) is 0.287. The molecule has 3 heterocycles. The number of aromatic nitrogens is 2. The van der Waals surface area contributed by atoms with Crippen LogP contribution in [0, 0.1) is 0 Å². The van der Waals surface area contributed by atoms with E-state index in [1.165, 1.54) is 0 Å². The molecule has 0 radical (unpaired) electrons. The highest BCUT2D eigenvalue weighted by molar-refractivity contribution is 9.10. The number of nitrogens with zero attached hydrogens (tertiary/aromatic N) is 4. The fourth-order valence-electron chi connectivity index (χ4n) is 5.02. The Morgan fingerprint density at radius 3 is 2.43 bits per heavy atom. The number of fused-ring (bicyclic) bond motifs is 2. The van der Waals surface area contributed by atoms with E-state index >= 15 is 0 Å². The van der Waals surface area contributed by atoms with Crippen LogP contribution >= 0.6 is 15.9 Å².